The van der Waals surface area contributed by atoms with Crippen molar-refractivity contribution >= 4 is 39.7 Å². The molecule has 8 heteroatoms. The number of hydrogen-bond acceptors (Lipinski definition) is 6. The fourth-order valence-corrected chi connectivity index (χ4v) is 5.34. The minimum Gasteiger partial charge on any atom is -0.507 e. The molecule has 1 amide bonds. The lowest BCUT2D eigenvalue weighted by Crippen LogP contribution is -2.31. The Morgan fingerprint density at radius 1 is 1.06 bits per heavy atom. The molecule has 0 unspecified atom stereocenters. The highest BCUT2D eigenvalue weighted by Crippen LogP contribution is 2.41. The normalized spacial score (nSPS) is 17.3. The molecule has 178 valence electrons. The summed E-state index contributed by atoms with van der Waals surface area (Å²) in [4.78, 5) is 32.0. The van der Waals surface area contributed by atoms with E-state index in [2.05, 4.69) is 4.98 Å². The summed E-state index contributed by atoms with van der Waals surface area (Å²) in [7, 11) is 3.18. The number of aliphatic hydroxyl groups excluding tert-OH is 1. The van der Waals surface area contributed by atoms with Crippen LogP contribution in [0.25, 0.3) is 16.7 Å². The minimum atomic E-state index is -0.683. The molecule has 7 nitrogen and oxygen atoms in total. The Bertz CT molecular complexity index is 1420. The number of thiophene rings is 1. The fraction of sp³-hybridized carbons (Fsp3) is 0.185. The lowest BCUT2D eigenvalue weighted by atomic mass is 9.99. The molecule has 2 aromatic heterocycles. The number of ether oxygens (including phenoxy) is 2. The van der Waals surface area contributed by atoms with E-state index in [1.165, 1.54) is 11.3 Å². The number of carbonyl (C=O) groups is 2. The van der Waals surface area contributed by atoms with Gasteiger partial charge in [-0.2, -0.15) is 0 Å². The number of Topliss-reactive ketones (excluding diaryl/α,β-unsaturated/α-hetero) is 1. The molecule has 3 heterocycles. The Balaban J connectivity index is 1.51. The van der Waals surface area contributed by atoms with E-state index in [-0.39, 0.29) is 11.3 Å². The van der Waals surface area contributed by atoms with Crippen molar-refractivity contribution < 1.29 is 24.2 Å². The maximum atomic E-state index is 13.2. The number of methoxy groups -OCH3 is 2. The lowest BCUT2D eigenvalue weighted by Gasteiger charge is -2.24. The highest BCUT2D eigenvalue weighted by atomic mass is 32.1. The van der Waals surface area contributed by atoms with Gasteiger partial charge in [0.1, 0.15) is 17.3 Å². The van der Waals surface area contributed by atoms with Crippen molar-refractivity contribution in [2.24, 2.45) is 0 Å². The first-order valence-electron chi connectivity index (χ1n) is 11.1. The average molecular weight is 489 g/mol. The largest absolute Gasteiger partial charge is 0.507 e. The Labute approximate surface area is 206 Å². The number of likely N-dealkylation sites (tertiary alicyclic amines) is 1. The van der Waals surface area contributed by atoms with E-state index in [4.69, 9.17) is 9.47 Å². The van der Waals surface area contributed by atoms with E-state index in [1.807, 2.05) is 41.9 Å². The average Bonchev–Trinajstić information content (AvgIpc) is 3.61. The standard InChI is InChI=1S/C27H24N2O5S/c1-33-18-7-5-16(6-8-18)25(30)23-24(22-4-3-13-35-22)29(27(32)26(23)31)12-11-17-15-28-21-10-9-19(34-2)14-20(17)21/h3-10,13-15,24,28,30H,11-12H2,1-2H3/t24-/m1/s1. The van der Waals surface area contributed by atoms with E-state index in [1.54, 1.807) is 43.4 Å². The van der Waals surface area contributed by atoms with Gasteiger partial charge in [-0.3, -0.25) is 9.59 Å². The lowest BCUT2D eigenvalue weighted by molar-refractivity contribution is -0.139. The summed E-state index contributed by atoms with van der Waals surface area (Å²) in [6, 6.07) is 15.6. The molecule has 1 saturated heterocycles. The van der Waals surface area contributed by atoms with Crippen molar-refractivity contribution in [3.63, 3.8) is 0 Å². The van der Waals surface area contributed by atoms with Crippen molar-refractivity contribution in [2.75, 3.05) is 20.8 Å². The number of aromatic amines is 1. The first kappa shape index (κ1) is 22.7. The van der Waals surface area contributed by atoms with Gasteiger partial charge >= 0.3 is 0 Å². The summed E-state index contributed by atoms with van der Waals surface area (Å²) >= 11 is 1.45. The third kappa shape index (κ3) is 4.06. The number of nitrogens with one attached hydrogen (secondary N) is 1. The summed E-state index contributed by atoms with van der Waals surface area (Å²) in [5, 5.41) is 14.0. The van der Waals surface area contributed by atoms with E-state index in [0.29, 0.717) is 24.3 Å². The molecule has 1 atom stereocenters. The Kier molecular flexibility index (Phi) is 6.05. The van der Waals surface area contributed by atoms with Gasteiger partial charge in [-0.1, -0.05) is 6.07 Å². The van der Waals surface area contributed by atoms with Gasteiger partial charge in [0, 0.05) is 34.1 Å². The maximum Gasteiger partial charge on any atom is 0.295 e. The van der Waals surface area contributed by atoms with Crippen molar-refractivity contribution in [2.45, 2.75) is 12.5 Å². The summed E-state index contributed by atoms with van der Waals surface area (Å²) < 4.78 is 10.5. The van der Waals surface area contributed by atoms with Crippen LogP contribution in [0.2, 0.25) is 0 Å². The molecule has 2 N–H and O–H groups in total. The molecule has 5 rings (SSSR count). The first-order valence-corrected chi connectivity index (χ1v) is 12.0. The first-order chi connectivity index (χ1) is 17.0. The number of H-pyrrole nitrogens is 1. The number of nitrogens with zero attached hydrogens (tertiary/aromatic N) is 1. The smallest absolute Gasteiger partial charge is 0.295 e. The number of fused-ring (bicyclic) bond motifs is 1. The number of carbonyl (C=O) groups excluding carboxylic acids is 2. The zero-order valence-corrected chi connectivity index (χ0v) is 20.1. The van der Waals surface area contributed by atoms with Crippen molar-refractivity contribution in [3.05, 3.63) is 87.8 Å². The number of aliphatic hydroxyl groups is 1. The number of amides is 1. The zero-order valence-electron chi connectivity index (χ0n) is 19.3. The Morgan fingerprint density at radius 3 is 2.49 bits per heavy atom. The van der Waals surface area contributed by atoms with Gasteiger partial charge in [0.15, 0.2) is 0 Å². The van der Waals surface area contributed by atoms with Gasteiger partial charge in [0.25, 0.3) is 11.7 Å². The predicted molar refractivity (Wildman–Crippen MR) is 135 cm³/mol. The maximum absolute atomic E-state index is 13.2. The van der Waals surface area contributed by atoms with Crippen LogP contribution in [0.1, 0.15) is 22.0 Å². The molecule has 35 heavy (non-hydrogen) atoms. The van der Waals surface area contributed by atoms with Crippen LogP contribution in [0, 0.1) is 0 Å². The third-order valence-corrected chi connectivity index (χ3v) is 7.24. The van der Waals surface area contributed by atoms with Crippen LogP contribution in [0.4, 0.5) is 0 Å². The van der Waals surface area contributed by atoms with Crippen LogP contribution >= 0.6 is 11.3 Å². The SMILES string of the molecule is COc1ccc(C(O)=C2C(=O)C(=O)N(CCc3c[nH]c4ccc(OC)cc34)[C@@H]2c2cccs2)cc1. The van der Waals surface area contributed by atoms with Gasteiger partial charge in [0.2, 0.25) is 0 Å². The molecule has 2 aromatic carbocycles. The van der Waals surface area contributed by atoms with Gasteiger partial charge in [-0.25, -0.2) is 0 Å². The summed E-state index contributed by atoms with van der Waals surface area (Å²) in [6.07, 6.45) is 2.45. The second-order valence-electron chi connectivity index (χ2n) is 8.21. The number of aromatic nitrogens is 1. The third-order valence-electron chi connectivity index (χ3n) is 6.31. The number of rotatable bonds is 7. The molecular formula is C27H24N2O5S. The van der Waals surface area contributed by atoms with E-state index < -0.39 is 17.7 Å². The molecule has 1 aliphatic rings. The fourth-order valence-electron chi connectivity index (χ4n) is 4.49. The monoisotopic (exact) mass is 488 g/mol. The van der Waals surface area contributed by atoms with Crippen molar-refractivity contribution in [3.8, 4) is 11.5 Å². The van der Waals surface area contributed by atoms with Crippen LogP contribution < -0.4 is 9.47 Å². The van der Waals surface area contributed by atoms with Gasteiger partial charge in [-0.15, -0.1) is 11.3 Å². The van der Waals surface area contributed by atoms with Crippen molar-refractivity contribution in [1.29, 1.82) is 0 Å². The predicted octanol–water partition coefficient (Wildman–Crippen LogP) is 4.91. The second kappa shape index (κ2) is 9.31. The number of benzene rings is 2. The topological polar surface area (TPSA) is 91.9 Å². The molecule has 1 fully saturated rings. The van der Waals surface area contributed by atoms with Crippen molar-refractivity contribution in [1.82, 2.24) is 9.88 Å². The Morgan fingerprint density at radius 2 is 1.80 bits per heavy atom. The zero-order chi connectivity index (χ0) is 24.5. The summed E-state index contributed by atoms with van der Waals surface area (Å²) in [5.41, 5.74) is 2.54. The van der Waals surface area contributed by atoms with E-state index in [0.717, 1.165) is 27.1 Å². The van der Waals surface area contributed by atoms with Crippen LogP contribution in [0.5, 0.6) is 11.5 Å². The molecule has 0 spiro atoms. The van der Waals surface area contributed by atoms with E-state index >= 15 is 0 Å². The van der Waals surface area contributed by atoms with Gasteiger partial charge in [-0.05, 0) is 65.9 Å². The van der Waals surface area contributed by atoms with Gasteiger partial charge in [0.05, 0.1) is 25.8 Å². The second-order valence-corrected chi connectivity index (χ2v) is 9.19. The van der Waals surface area contributed by atoms with Crippen LogP contribution in [-0.2, 0) is 16.0 Å². The number of ketones is 1. The molecule has 4 aromatic rings. The highest BCUT2D eigenvalue weighted by Gasteiger charge is 2.46. The summed E-state index contributed by atoms with van der Waals surface area (Å²) in [6.45, 7) is 0.316. The van der Waals surface area contributed by atoms with Crippen LogP contribution in [0.3, 0.4) is 0 Å². The van der Waals surface area contributed by atoms with Crippen LogP contribution in [0.15, 0.2) is 71.7 Å². The Hall–Kier alpha value is -4.04. The molecule has 1 aliphatic heterocycles. The summed E-state index contributed by atoms with van der Waals surface area (Å²) in [5.74, 6) is -0.110. The van der Waals surface area contributed by atoms with Gasteiger partial charge < -0.3 is 24.5 Å². The highest BCUT2D eigenvalue weighted by molar-refractivity contribution is 7.10. The molecule has 0 bridgehead atoms. The van der Waals surface area contributed by atoms with E-state index in [9.17, 15) is 14.7 Å². The molecule has 0 aliphatic carbocycles. The molecular weight excluding hydrogens is 464 g/mol. The molecule has 0 saturated carbocycles. The number of hydrogen-bond donors (Lipinski definition) is 2. The molecule has 0 radical (unpaired) electrons. The van der Waals surface area contributed by atoms with Crippen LogP contribution in [-0.4, -0.2) is 47.4 Å². The minimum absolute atomic E-state index is 0.100. The quantitative estimate of drug-likeness (QED) is 0.219.